The van der Waals surface area contributed by atoms with Crippen LogP contribution in [-0.2, 0) is 13.0 Å². The van der Waals surface area contributed by atoms with Crippen LogP contribution in [-0.4, -0.2) is 52.6 Å². The predicted octanol–water partition coefficient (Wildman–Crippen LogP) is 4.71. The Hall–Kier alpha value is -2.50. The molecule has 0 bridgehead atoms. The molecule has 0 saturated carbocycles. The lowest BCUT2D eigenvalue weighted by atomic mass is 9.96. The highest BCUT2D eigenvalue weighted by atomic mass is 19.1. The normalized spacial score (nSPS) is 15.6. The van der Waals surface area contributed by atoms with Gasteiger partial charge in [0.1, 0.15) is 11.6 Å². The zero-order valence-electron chi connectivity index (χ0n) is 18.7. The van der Waals surface area contributed by atoms with E-state index in [2.05, 4.69) is 63.8 Å². The summed E-state index contributed by atoms with van der Waals surface area (Å²) >= 11 is 0. The van der Waals surface area contributed by atoms with Gasteiger partial charge in [-0.2, -0.15) is 0 Å². The minimum absolute atomic E-state index is 0.137. The monoisotopic (exact) mass is 420 g/mol. The maximum atomic E-state index is 13.4. The van der Waals surface area contributed by atoms with Gasteiger partial charge in [-0.15, -0.1) is 0 Å². The van der Waals surface area contributed by atoms with E-state index in [1.54, 1.807) is 12.1 Å². The number of hydrogen-bond donors (Lipinski definition) is 0. The van der Waals surface area contributed by atoms with E-state index in [-0.39, 0.29) is 5.82 Å². The first-order valence-corrected chi connectivity index (χ1v) is 11.3. The first-order chi connectivity index (χ1) is 15.1. The minimum atomic E-state index is -0.137. The summed E-state index contributed by atoms with van der Waals surface area (Å²) in [4.78, 5) is 9.54. The van der Waals surface area contributed by atoms with E-state index in [1.165, 1.54) is 30.2 Å². The molecule has 0 atom stereocenters. The van der Waals surface area contributed by atoms with Crippen molar-refractivity contribution in [2.24, 2.45) is 5.92 Å². The number of rotatable bonds is 8. The number of likely N-dealkylation sites (tertiary alicyclic amines) is 1. The molecule has 4 nitrogen and oxygen atoms in total. The molecule has 2 heterocycles. The molecule has 2 aromatic carbocycles. The van der Waals surface area contributed by atoms with Crippen molar-refractivity contribution in [2.75, 3.05) is 33.2 Å². The molecule has 5 heteroatoms. The third kappa shape index (κ3) is 6.02. The number of halogens is 1. The molecule has 0 aliphatic carbocycles. The van der Waals surface area contributed by atoms with Crippen molar-refractivity contribution in [3.05, 3.63) is 83.7 Å². The fraction of sp³-hybridized carbons (Fsp3) is 0.423. The fourth-order valence-electron chi connectivity index (χ4n) is 4.58. The number of piperidine rings is 1. The molecular weight excluding hydrogens is 387 g/mol. The van der Waals surface area contributed by atoms with Crippen molar-refractivity contribution in [2.45, 2.75) is 32.7 Å². The van der Waals surface area contributed by atoms with Gasteiger partial charge in [-0.05, 0) is 87.6 Å². The molecule has 1 fully saturated rings. The molecule has 4 rings (SSSR count). The highest BCUT2D eigenvalue weighted by Gasteiger charge is 2.21. The molecule has 0 N–H and O–H groups in total. The van der Waals surface area contributed by atoms with E-state index in [0.29, 0.717) is 0 Å². The second-order valence-corrected chi connectivity index (χ2v) is 8.91. The number of nitrogens with zero attached hydrogens (tertiary/aromatic N) is 4. The van der Waals surface area contributed by atoms with Gasteiger partial charge in [0.2, 0.25) is 0 Å². The summed E-state index contributed by atoms with van der Waals surface area (Å²) in [6.07, 6.45) is 7.31. The van der Waals surface area contributed by atoms with Crippen LogP contribution in [0.1, 0.15) is 29.8 Å². The Morgan fingerprint density at radius 1 is 1.10 bits per heavy atom. The van der Waals surface area contributed by atoms with Gasteiger partial charge >= 0.3 is 0 Å². The summed E-state index contributed by atoms with van der Waals surface area (Å²) in [6, 6.07) is 15.5. The van der Waals surface area contributed by atoms with Gasteiger partial charge in [-0.3, -0.25) is 4.90 Å². The van der Waals surface area contributed by atoms with Gasteiger partial charge in [-0.25, -0.2) is 9.37 Å². The fourth-order valence-corrected chi connectivity index (χ4v) is 4.58. The summed E-state index contributed by atoms with van der Waals surface area (Å²) < 4.78 is 15.5. The Labute approximate surface area is 185 Å². The topological polar surface area (TPSA) is 24.3 Å². The van der Waals surface area contributed by atoms with Crippen LogP contribution in [0.2, 0.25) is 0 Å². The van der Waals surface area contributed by atoms with Crippen molar-refractivity contribution in [1.82, 2.24) is 19.4 Å². The average Bonchev–Trinajstić information content (AvgIpc) is 3.21. The standard InChI is InChI=1S/C26H33FN4/c1-21-5-3-8-25(17-21)31-16-12-28-26(31)20-29(2)19-23-10-14-30(15-11-23)13-9-22-6-4-7-24(27)18-22/h3-8,12,16-18,23H,9-11,13-15,19-20H2,1-2H3. The molecule has 3 aromatic rings. The minimum Gasteiger partial charge on any atom is -0.303 e. The quantitative estimate of drug-likeness (QED) is 0.528. The molecular formula is C26H33FN4. The predicted molar refractivity (Wildman–Crippen MR) is 124 cm³/mol. The van der Waals surface area contributed by atoms with Crippen LogP contribution >= 0.6 is 0 Å². The van der Waals surface area contributed by atoms with Gasteiger partial charge in [0.25, 0.3) is 0 Å². The summed E-state index contributed by atoms with van der Waals surface area (Å²) in [5.41, 5.74) is 3.52. The van der Waals surface area contributed by atoms with Gasteiger partial charge in [-0.1, -0.05) is 24.3 Å². The Balaban J connectivity index is 1.24. The molecule has 1 saturated heterocycles. The lowest BCUT2D eigenvalue weighted by molar-refractivity contribution is 0.152. The van der Waals surface area contributed by atoms with E-state index in [1.807, 2.05) is 12.3 Å². The smallest absolute Gasteiger partial charge is 0.127 e. The van der Waals surface area contributed by atoms with Gasteiger partial charge in [0.15, 0.2) is 0 Å². The second kappa shape index (κ2) is 10.2. The number of aromatic nitrogens is 2. The van der Waals surface area contributed by atoms with Gasteiger partial charge < -0.3 is 9.47 Å². The third-order valence-electron chi connectivity index (χ3n) is 6.29. The molecule has 1 aliphatic heterocycles. The Kier molecular flexibility index (Phi) is 7.15. The number of imidazole rings is 1. The van der Waals surface area contributed by atoms with Crippen molar-refractivity contribution in [1.29, 1.82) is 0 Å². The summed E-state index contributed by atoms with van der Waals surface area (Å²) in [7, 11) is 2.20. The van der Waals surface area contributed by atoms with E-state index in [4.69, 9.17) is 0 Å². The SMILES string of the molecule is Cc1cccc(-n2ccnc2CN(C)CC2CCN(CCc3cccc(F)c3)CC2)c1. The van der Waals surface area contributed by atoms with Crippen molar-refractivity contribution in [3.63, 3.8) is 0 Å². The van der Waals surface area contributed by atoms with Gasteiger partial charge in [0, 0.05) is 31.2 Å². The number of benzene rings is 2. The third-order valence-corrected chi connectivity index (χ3v) is 6.29. The zero-order valence-corrected chi connectivity index (χ0v) is 18.7. The Morgan fingerprint density at radius 3 is 2.68 bits per heavy atom. The Morgan fingerprint density at radius 2 is 1.90 bits per heavy atom. The molecule has 1 aromatic heterocycles. The van der Waals surface area contributed by atoms with Crippen LogP contribution in [0.25, 0.3) is 5.69 Å². The second-order valence-electron chi connectivity index (χ2n) is 8.91. The average molecular weight is 421 g/mol. The molecule has 1 aliphatic rings. The lowest BCUT2D eigenvalue weighted by Gasteiger charge is -2.34. The maximum Gasteiger partial charge on any atom is 0.127 e. The summed E-state index contributed by atoms with van der Waals surface area (Å²) in [5, 5.41) is 0. The first-order valence-electron chi connectivity index (χ1n) is 11.3. The van der Waals surface area contributed by atoms with E-state index < -0.39 is 0 Å². The first kappa shape index (κ1) is 21.7. The molecule has 31 heavy (non-hydrogen) atoms. The van der Waals surface area contributed by atoms with E-state index in [9.17, 15) is 4.39 Å². The van der Waals surface area contributed by atoms with Crippen molar-refractivity contribution in [3.8, 4) is 5.69 Å². The van der Waals surface area contributed by atoms with Gasteiger partial charge in [0.05, 0.1) is 6.54 Å². The summed E-state index contributed by atoms with van der Waals surface area (Å²) in [5.74, 6) is 1.67. The van der Waals surface area contributed by atoms with Crippen molar-refractivity contribution >= 4 is 0 Å². The molecule has 164 valence electrons. The van der Waals surface area contributed by atoms with Crippen LogP contribution in [0.15, 0.2) is 60.9 Å². The number of hydrogen-bond acceptors (Lipinski definition) is 3. The van der Waals surface area contributed by atoms with E-state index >= 15 is 0 Å². The highest BCUT2D eigenvalue weighted by Crippen LogP contribution is 2.20. The van der Waals surface area contributed by atoms with Crippen molar-refractivity contribution < 1.29 is 4.39 Å². The summed E-state index contributed by atoms with van der Waals surface area (Å²) in [6.45, 7) is 7.34. The largest absolute Gasteiger partial charge is 0.303 e. The van der Waals surface area contributed by atoms with Crippen LogP contribution < -0.4 is 0 Å². The molecule has 0 radical (unpaired) electrons. The van der Waals surface area contributed by atoms with Crippen LogP contribution in [0.3, 0.4) is 0 Å². The number of aryl methyl sites for hydroxylation is 1. The van der Waals surface area contributed by atoms with Crippen LogP contribution in [0.4, 0.5) is 4.39 Å². The molecule has 0 spiro atoms. The van der Waals surface area contributed by atoms with Crippen LogP contribution in [0.5, 0.6) is 0 Å². The maximum absolute atomic E-state index is 13.4. The molecule has 0 unspecified atom stereocenters. The molecule has 0 amide bonds. The lowest BCUT2D eigenvalue weighted by Crippen LogP contribution is -2.38. The zero-order chi connectivity index (χ0) is 21.6. The van der Waals surface area contributed by atoms with Crippen LogP contribution in [0, 0.1) is 18.7 Å². The Bertz CT molecular complexity index is 975. The highest BCUT2D eigenvalue weighted by molar-refractivity contribution is 5.36. The van der Waals surface area contributed by atoms with E-state index in [0.717, 1.165) is 56.5 Å².